The van der Waals surface area contributed by atoms with Gasteiger partial charge in [-0.2, -0.15) is 0 Å². The predicted octanol–water partition coefficient (Wildman–Crippen LogP) is 6.73. The molecule has 0 unspecified atom stereocenters. The maximum Gasteiger partial charge on any atom is 0.673 e. The number of hydrogen-bond acceptors (Lipinski definition) is 0. The number of rotatable bonds is 3. The average Bonchev–Trinajstić information content (AvgIpc) is 2.57. The summed E-state index contributed by atoms with van der Waals surface area (Å²) in [6, 6.07) is 30.9. The van der Waals surface area contributed by atoms with E-state index in [1.807, 2.05) is 54.6 Å². The summed E-state index contributed by atoms with van der Waals surface area (Å²) in [6.45, 7) is 0. The second-order valence-electron chi connectivity index (χ2n) is 4.74. The van der Waals surface area contributed by atoms with Crippen LogP contribution in [0.4, 0.5) is 17.3 Å². The molecule has 0 radical (unpaired) electrons. The highest BCUT2D eigenvalue weighted by atomic mass is 19.5. The largest absolute Gasteiger partial charge is 0.673 e. The number of halogens is 4. The third kappa shape index (κ3) is 5.80. The van der Waals surface area contributed by atoms with Crippen LogP contribution in [0, 0.1) is 0 Å². The van der Waals surface area contributed by atoms with Gasteiger partial charge in [-0.1, -0.05) is 54.6 Å². The fourth-order valence-corrected chi connectivity index (χ4v) is 2.08. The van der Waals surface area contributed by atoms with Gasteiger partial charge in [0.15, 0.2) is 0 Å². The van der Waals surface area contributed by atoms with Crippen molar-refractivity contribution in [1.29, 1.82) is 0 Å². The maximum absolute atomic E-state index is 9.75. The van der Waals surface area contributed by atoms with Gasteiger partial charge in [-0.15, -0.1) is 0 Å². The first-order chi connectivity index (χ1) is 11.4. The molecule has 1 nitrogen and oxygen atoms in total. The standard InChI is InChI=1S/C18H15O.BF4/c1-4-10-16(11-5-1)19(17-12-6-2-7-13-17)18-14-8-3-9-15-18;2-1(3,4)5/h1-15H;/q+1;-1. The fourth-order valence-electron chi connectivity index (χ4n) is 2.08. The van der Waals surface area contributed by atoms with Crippen molar-refractivity contribution in [2.24, 2.45) is 0 Å². The van der Waals surface area contributed by atoms with Crippen LogP contribution < -0.4 is 4.37 Å². The van der Waals surface area contributed by atoms with E-state index < -0.39 is 7.25 Å². The molecule has 0 aromatic heterocycles. The number of para-hydroxylation sites is 3. The molecule has 0 bridgehead atoms. The van der Waals surface area contributed by atoms with Crippen molar-refractivity contribution in [3.05, 3.63) is 91.0 Å². The Balaban J connectivity index is 0.000000368. The van der Waals surface area contributed by atoms with E-state index in [0.29, 0.717) is 0 Å². The highest BCUT2D eigenvalue weighted by molar-refractivity contribution is 6.50. The molecule has 0 aliphatic heterocycles. The quantitative estimate of drug-likeness (QED) is 0.284. The van der Waals surface area contributed by atoms with Crippen molar-refractivity contribution in [3.63, 3.8) is 0 Å². The summed E-state index contributed by atoms with van der Waals surface area (Å²) in [5.74, 6) is 3.25. The number of benzene rings is 3. The van der Waals surface area contributed by atoms with Gasteiger partial charge in [0.2, 0.25) is 0 Å². The van der Waals surface area contributed by atoms with Crippen LogP contribution in [0.2, 0.25) is 0 Å². The van der Waals surface area contributed by atoms with Crippen molar-refractivity contribution in [2.75, 3.05) is 0 Å². The average molecular weight is 334 g/mol. The second kappa shape index (κ2) is 8.20. The molecule has 0 aliphatic carbocycles. The minimum absolute atomic E-state index is 1.08. The first-order valence-electron chi connectivity index (χ1n) is 7.22. The molecule has 0 saturated heterocycles. The highest BCUT2D eigenvalue weighted by Gasteiger charge is 2.20. The van der Waals surface area contributed by atoms with Gasteiger partial charge < -0.3 is 21.6 Å². The summed E-state index contributed by atoms with van der Waals surface area (Å²) in [5.41, 5.74) is 0. The van der Waals surface area contributed by atoms with Gasteiger partial charge in [-0.25, -0.2) is 0 Å². The van der Waals surface area contributed by atoms with E-state index in [2.05, 4.69) is 40.8 Å². The van der Waals surface area contributed by atoms with E-state index in [9.17, 15) is 17.3 Å². The molecular formula is C18H15BF4O. The molecule has 3 aromatic carbocycles. The molecule has 6 heteroatoms. The zero-order chi connectivity index (χ0) is 17.4. The lowest BCUT2D eigenvalue weighted by Crippen LogP contribution is -2.04. The van der Waals surface area contributed by atoms with Crippen molar-refractivity contribution >= 4 is 7.25 Å². The summed E-state index contributed by atoms with van der Waals surface area (Å²) in [5, 5.41) is 0. The Kier molecular flexibility index (Phi) is 6.01. The lowest BCUT2D eigenvalue weighted by Gasteiger charge is -2.21. The Hall–Kier alpha value is -2.76. The van der Waals surface area contributed by atoms with Crippen molar-refractivity contribution in [2.45, 2.75) is 0 Å². The van der Waals surface area contributed by atoms with E-state index >= 15 is 0 Å². The third-order valence-electron chi connectivity index (χ3n) is 2.94. The minimum atomic E-state index is -6.00. The normalized spacial score (nSPS) is 10.5. The molecule has 3 aromatic rings. The fraction of sp³-hybridized carbons (Fsp3) is 0. The van der Waals surface area contributed by atoms with Crippen molar-refractivity contribution in [1.82, 2.24) is 0 Å². The zero-order valence-electron chi connectivity index (χ0n) is 12.7. The molecule has 0 spiro atoms. The van der Waals surface area contributed by atoms with Gasteiger partial charge in [-0.3, -0.25) is 0 Å². The van der Waals surface area contributed by atoms with Crippen LogP contribution in [0.3, 0.4) is 0 Å². The van der Waals surface area contributed by atoms with Crippen LogP contribution in [0.1, 0.15) is 0 Å². The van der Waals surface area contributed by atoms with Gasteiger partial charge in [0.1, 0.15) is 0 Å². The second-order valence-corrected chi connectivity index (χ2v) is 4.74. The molecule has 0 aliphatic rings. The van der Waals surface area contributed by atoms with Crippen LogP contribution in [0.5, 0.6) is 17.2 Å². The van der Waals surface area contributed by atoms with Crippen LogP contribution in [0.25, 0.3) is 0 Å². The number of hydrogen-bond donors (Lipinski definition) is 0. The molecule has 0 N–H and O–H groups in total. The smallest absolute Gasteiger partial charge is 0.499 e. The SMILES string of the molecule is F[B-](F)(F)F.c1ccc([O+](c2ccccc2)c2ccccc2)cc1. The van der Waals surface area contributed by atoms with E-state index in [1.54, 1.807) is 0 Å². The molecule has 0 fully saturated rings. The summed E-state index contributed by atoms with van der Waals surface area (Å²) in [4.78, 5) is 0. The lowest BCUT2D eigenvalue weighted by atomic mass is 10.3. The Labute approximate surface area is 138 Å². The van der Waals surface area contributed by atoms with E-state index in [1.165, 1.54) is 0 Å². The van der Waals surface area contributed by atoms with E-state index in [0.717, 1.165) is 17.2 Å². The van der Waals surface area contributed by atoms with Crippen LogP contribution in [-0.4, -0.2) is 7.25 Å². The Bertz CT molecular complexity index is 618. The molecule has 24 heavy (non-hydrogen) atoms. The summed E-state index contributed by atoms with van der Waals surface area (Å²) in [7, 11) is -6.00. The highest BCUT2D eigenvalue weighted by Crippen LogP contribution is 2.38. The summed E-state index contributed by atoms with van der Waals surface area (Å²) in [6.07, 6.45) is 0. The van der Waals surface area contributed by atoms with Crippen molar-refractivity contribution in [3.8, 4) is 17.2 Å². The van der Waals surface area contributed by atoms with Gasteiger partial charge in [0, 0.05) is 36.4 Å². The molecule has 3 rings (SSSR count). The van der Waals surface area contributed by atoms with Crippen LogP contribution >= 0.6 is 0 Å². The molecular weight excluding hydrogens is 319 g/mol. The molecule has 124 valence electrons. The molecule has 0 amide bonds. The minimum Gasteiger partial charge on any atom is -0.499 e. The first-order valence-corrected chi connectivity index (χ1v) is 7.22. The Morgan fingerprint density at radius 3 is 0.875 bits per heavy atom. The van der Waals surface area contributed by atoms with Gasteiger partial charge in [0.05, 0.1) is 0 Å². The molecule has 0 saturated carbocycles. The van der Waals surface area contributed by atoms with Gasteiger partial charge in [0.25, 0.3) is 17.2 Å². The monoisotopic (exact) mass is 334 g/mol. The maximum atomic E-state index is 9.75. The van der Waals surface area contributed by atoms with E-state index in [4.69, 9.17) is 0 Å². The van der Waals surface area contributed by atoms with Gasteiger partial charge >= 0.3 is 7.25 Å². The Morgan fingerprint density at radius 1 is 0.458 bits per heavy atom. The van der Waals surface area contributed by atoms with Crippen molar-refractivity contribution < 1.29 is 21.6 Å². The lowest BCUT2D eigenvalue weighted by molar-refractivity contribution is 0.233. The predicted molar refractivity (Wildman–Crippen MR) is 89.0 cm³/mol. The van der Waals surface area contributed by atoms with E-state index in [-0.39, 0.29) is 0 Å². The van der Waals surface area contributed by atoms with Crippen LogP contribution in [-0.2, 0) is 0 Å². The third-order valence-corrected chi connectivity index (χ3v) is 2.94. The first kappa shape index (κ1) is 17.6. The Morgan fingerprint density at radius 2 is 0.667 bits per heavy atom. The summed E-state index contributed by atoms with van der Waals surface area (Å²) >= 11 is 0. The molecule has 0 heterocycles. The topological polar surface area (TPSA) is 2.70 Å². The summed E-state index contributed by atoms with van der Waals surface area (Å²) < 4.78 is 42.2. The van der Waals surface area contributed by atoms with Crippen LogP contribution in [0.15, 0.2) is 91.0 Å². The molecule has 0 atom stereocenters. The van der Waals surface area contributed by atoms with Gasteiger partial charge in [-0.05, 0) is 0 Å². The zero-order valence-corrected chi connectivity index (χ0v) is 12.7.